The van der Waals surface area contributed by atoms with Crippen LogP contribution in [0.3, 0.4) is 0 Å². The second kappa shape index (κ2) is 6.17. The van der Waals surface area contributed by atoms with E-state index >= 15 is 0 Å². The summed E-state index contributed by atoms with van der Waals surface area (Å²) in [5.41, 5.74) is 1.05. The zero-order valence-electron chi connectivity index (χ0n) is 11.5. The Morgan fingerprint density at radius 1 is 1.25 bits per heavy atom. The van der Waals surface area contributed by atoms with Gasteiger partial charge in [-0.1, -0.05) is 11.6 Å². The molecule has 0 radical (unpaired) electrons. The lowest BCUT2D eigenvalue weighted by Crippen LogP contribution is -2.14. The number of nitrogens with one attached hydrogen (secondary N) is 1. The van der Waals surface area contributed by atoms with Crippen LogP contribution >= 0.6 is 22.9 Å². The molecule has 3 rings (SSSR count). The van der Waals surface area contributed by atoms with Crippen molar-refractivity contribution in [3.05, 3.63) is 50.7 Å². The van der Waals surface area contributed by atoms with Gasteiger partial charge in [0, 0.05) is 27.4 Å². The van der Waals surface area contributed by atoms with Crippen LogP contribution in [-0.4, -0.2) is 6.04 Å². The van der Waals surface area contributed by atoms with E-state index in [0.29, 0.717) is 6.61 Å². The first-order chi connectivity index (χ1) is 9.70. The largest absolute Gasteiger partial charge is 0.488 e. The van der Waals surface area contributed by atoms with Crippen LogP contribution in [0.2, 0.25) is 5.02 Å². The molecular formula is C16H18ClNOS. The number of halogens is 1. The molecule has 1 fully saturated rings. The summed E-state index contributed by atoms with van der Waals surface area (Å²) in [7, 11) is 0. The van der Waals surface area contributed by atoms with Crippen LogP contribution in [0.15, 0.2) is 30.3 Å². The Bertz CT molecular complexity index is 592. The normalized spacial score (nSPS) is 14.5. The van der Waals surface area contributed by atoms with Gasteiger partial charge in [-0.15, -0.1) is 11.3 Å². The van der Waals surface area contributed by atoms with Crippen molar-refractivity contribution >= 4 is 22.9 Å². The summed E-state index contributed by atoms with van der Waals surface area (Å²) in [5, 5.41) is 4.31. The average Bonchev–Trinajstić information content (AvgIpc) is 3.16. The molecule has 1 aromatic carbocycles. The Morgan fingerprint density at radius 3 is 2.80 bits per heavy atom. The fourth-order valence-electron chi connectivity index (χ4n) is 1.99. The Labute approximate surface area is 128 Å². The van der Waals surface area contributed by atoms with Crippen molar-refractivity contribution in [1.29, 1.82) is 0 Å². The van der Waals surface area contributed by atoms with Gasteiger partial charge in [-0.25, -0.2) is 0 Å². The first-order valence-corrected chi connectivity index (χ1v) is 8.10. The van der Waals surface area contributed by atoms with Crippen LogP contribution in [0.5, 0.6) is 5.75 Å². The van der Waals surface area contributed by atoms with E-state index in [4.69, 9.17) is 16.3 Å². The molecule has 0 atom stereocenters. The molecule has 1 aromatic heterocycles. The highest BCUT2D eigenvalue weighted by Crippen LogP contribution is 2.24. The molecule has 1 aliphatic carbocycles. The quantitative estimate of drug-likeness (QED) is 0.846. The third-order valence-corrected chi connectivity index (χ3v) is 4.85. The molecule has 0 unspecified atom stereocenters. The third-order valence-electron chi connectivity index (χ3n) is 3.37. The lowest BCUT2D eigenvalue weighted by molar-refractivity contribution is 0.309. The van der Waals surface area contributed by atoms with Gasteiger partial charge in [0.2, 0.25) is 0 Å². The van der Waals surface area contributed by atoms with Crippen molar-refractivity contribution in [2.45, 2.75) is 39.0 Å². The summed E-state index contributed by atoms with van der Waals surface area (Å²) in [6.45, 7) is 3.59. The van der Waals surface area contributed by atoms with Gasteiger partial charge >= 0.3 is 0 Å². The Hall–Kier alpha value is -1.03. The van der Waals surface area contributed by atoms with Gasteiger partial charge in [-0.3, -0.25) is 0 Å². The molecule has 1 saturated carbocycles. The van der Waals surface area contributed by atoms with Gasteiger partial charge < -0.3 is 10.1 Å². The zero-order valence-corrected chi connectivity index (χ0v) is 13.1. The maximum atomic E-state index is 6.01. The minimum atomic E-state index is 0.620. The molecule has 0 bridgehead atoms. The molecule has 1 N–H and O–H groups in total. The van der Waals surface area contributed by atoms with E-state index in [-0.39, 0.29) is 0 Å². The molecule has 20 heavy (non-hydrogen) atoms. The second-order valence-electron chi connectivity index (χ2n) is 5.22. The van der Waals surface area contributed by atoms with E-state index in [1.807, 2.05) is 36.5 Å². The first-order valence-electron chi connectivity index (χ1n) is 6.90. The molecule has 1 aliphatic rings. The standard InChI is InChI=1S/C16H18ClNOS/c1-11-8-13(4-7-16(11)17)19-10-15-6-5-14(20-15)9-18-12-2-3-12/h4-8,12,18H,2-3,9-10H2,1H3. The Morgan fingerprint density at radius 2 is 2.05 bits per heavy atom. The number of hydrogen-bond acceptors (Lipinski definition) is 3. The molecule has 0 aliphatic heterocycles. The van der Waals surface area contributed by atoms with Crippen LogP contribution in [-0.2, 0) is 13.2 Å². The Kier molecular flexibility index (Phi) is 4.29. The smallest absolute Gasteiger partial charge is 0.122 e. The summed E-state index contributed by atoms with van der Waals surface area (Å²) in [6, 6.07) is 10.9. The van der Waals surface area contributed by atoms with Crippen LogP contribution < -0.4 is 10.1 Å². The predicted molar refractivity (Wildman–Crippen MR) is 84.7 cm³/mol. The van der Waals surface area contributed by atoms with E-state index in [0.717, 1.165) is 28.9 Å². The van der Waals surface area contributed by atoms with E-state index in [1.165, 1.54) is 22.6 Å². The van der Waals surface area contributed by atoms with Crippen molar-refractivity contribution in [2.24, 2.45) is 0 Å². The maximum Gasteiger partial charge on any atom is 0.122 e. The summed E-state index contributed by atoms with van der Waals surface area (Å²) in [6.07, 6.45) is 2.66. The number of ether oxygens (including phenoxy) is 1. The summed E-state index contributed by atoms with van der Waals surface area (Å²) >= 11 is 7.82. The minimum absolute atomic E-state index is 0.620. The summed E-state index contributed by atoms with van der Waals surface area (Å²) in [4.78, 5) is 2.63. The monoisotopic (exact) mass is 307 g/mol. The minimum Gasteiger partial charge on any atom is -0.488 e. The lowest BCUT2D eigenvalue weighted by atomic mass is 10.2. The van der Waals surface area contributed by atoms with E-state index in [2.05, 4.69) is 17.4 Å². The summed E-state index contributed by atoms with van der Waals surface area (Å²) in [5.74, 6) is 0.873. The van der Waals surface area contributed by atoms with Gasteiger partial charge in [0.1, 0.15) is 12.4 Å². The zero-order chi connectivity index (χ0) is 13.9. The van der Waals surface area contributed by atoms with Gasteiger partial charge in [0.05, 0.1) is 0 Å². The highest BCUT2D eigenvalue weighted by molar-refractivity contribution is 7.11. The van der Waals surface area contributed by atoms with Crippen molar-refractivity contribution < 1.29 is 4.74 Å². The maximum absolute atomic E-state index is 6.01. The highest BCUT2D eigenvalue weighted by atomic mass is 35.5. The van der Waals surface area contributed by atoms with Gasteiger partial charge in [-0.2, -0.15) is 0 Å². The number of thiophene rings is 1. The van der Waals surface area contributed by atoms with Gasteiger partial charge in [0.15, 0.2) is 0 Å². The van der Waals surface area contributed by atoms with Crippen LogP contribution in [0, 0.1) is 6.92 Å². The predicted octanol–water partition coefficient (Wildman–Crippen LogP) is 4.54. The number of aryl methyl sites for hydroxylation is 1. The molecule has 0 amide bonds. The third kappa shape index (κ3) is 3.75. The van der Waals surface area contributed by atoms with Crippen LogP contribution in [0.1, 0.15) is 28.2 Å². The molecule has 0 saturated heterocycles. The number of rotatable bonds is 6. The lowest BCUT2D eigenvalue weighted by Gasteiger charge is -2.06. The van der Waals surface area contributed by atoms with Crippen molar-refractivity contribution in [1.82, 2.24) is 5.32 Å². The van der Waals surface area contributed by atoms with E-state index < -0.39 is 0 Å². The topological polar surface area (TPSA) is 21.3 Å². The molecule has 2 nitrogen and oxygen atoms in total. The molecular weight excluding hydrogens is 290 g/mol. The number of hydrogen-bond donors (Lipinski definition) is 1. The molecule has 0 spiro atoms. The van der Waals surface area contributed by atoms with Crippen molar-refractivity contribution in [2.75, 3.05) is 0 Å². The number of benzene rings is 1. The molecule has 4 heteroatoms. The van der Waals surface area contributed by atoms with Crippen molar-refractivity contribution in [3.63, 3.8) is 0 Å². The average molecular weight is 308 g/mol. The molecule has 106 valence electrons. The van der Waals surface area contributed by atoms with E-state index in [1.54, 1.807) is 0 Å². The van der Waals surface area contributed by atoms with E-state index in [9.17, 15) is 0 Å². The van der Waals surface area contributed by atoms with Crippen LogP contribution in [0.4, 0.5) is 0 Å². The molecule has 1 heterocycles. The Balaban J connectivity index is 1.53. The fourth-order valence-corrected chi connectivity index (χ4v) is 2.99. The molecule has 2 aromatic rings. The first kappa shape index (κ1) is 13.9. The summed E-state index contributed by atoms with van der Waals surface area (Å²) < 4.78 is 5.81. The van der Waals surface area contributed by atoms with Gasteiger partial charge in [-0.05, 0) is 55.7 Å². The van der Waals surface area contributed by atoms with Crippen molar-refractivity contribution in [3.8, 4) is 5.75 Å². The van der Waals surface area contributed by atoms with Crippen LogP contribution in [0.25, 0.3) is 0 Å². The second-order valence-corrected chi connectivity index (χ2v) is 6.88. The van der Waals surface area contributed by atoms with Gasteiger partial charge in [0.25, 0.3) is 0 Å². The fraction of sp³-hybridized carbons (Fsp3) is 0.375. The highest BCUT2D eigenvalue weighted by Gasteiger charge is 2.20. The SMILES string of the molecule is Cc1cc(OCc2ccc(CNC3CC3)s2)ccc1Cl.